The Bertz CT molecular complexity index is 559. The van der Waals surface area contributed by atoms with Crippen molar-refractivity contribution in [2.75, 3.05) is 26.8 Å². The van der Waals surface area contributed by atoms with Crippen LogP contribution in [0.3, 0.4) is 0 Å². The summed E-state index contributed by atoms with van der Waals surface area (Å²) in [7, 11) is 1.67. The smallest absolute Gasteiger partial charge is 0.223 e. The van der Waals surface area contributed by atoms with Crippen molar-refractivity contribution in [2.24, 2.45) is 5.92 Å². The first-order valence-corrected chi connectivity index (χ1v) is 8.29. The van der Waals surface area contributed by atoms with Crippen molar-refractivity contribution in [3.8, 4) is 0 Å². The second-order valence-corrected chi connectivity index (χ2v) is 6.46. The van der Waals surface area contributed by atoms with E-state index in [4.69, 9.17) is 14.7 Å². The maximum atomic E-state index is 12.0. The molecule has 1 aromatic rings. The molecule has 0 bridgehead atoms. The highest BCUT2D eigenvalue weighted by atomic mass is 16.5. The second-order valence-electron chi connectivity index (χ2n) is 6.46. The van der Waals surface area contributed by atoms with Gasteiger partial charge in [-0.05, 0) is 44.1 Å². The normalized spacial score (nSPS) is 21.3. The highest BCUT2D eigenvalue weighted by Crippen LogP contribution is 2.24. The number of carbonyl (C=O) groups is 1. The van der Waals surface area contributed by atoms with Crippen molar-refractivity contribution in [1.82, 2.24) is 14.9 Å². The molecule has 1 atom stereocenters. The number of likely N-dealkylation sites (tertiary alicyclic amines) is 1. The van der Waals surface area contributed by atoms with Crippen molar-refractivity contribution in [1.29, 1.82) is 0 Å². The van der Waals surface area contributed by atoms with E-state index in [-0.39, 0.29) is 5.91 Å². The van der Waals surface area contributed by atoms with Crippen LogP contribution >= 0.6 is 0 Å². The molecule has 22 heavy (non-hydrogen) atoms. The Morgan fingerprint density at radius 3 is 2.91 bits per heavy atom. The third-order valence-electron chi connectivity index (χ3n) is 4.77. The number of hydrogen-bond donors (Lipinski definition) is 0. The number of nitrogens with zero attached hydrogens (tertiary/aromatic N) is 3. The SMILES string of the molecule is COCCN1CC(Cc2nc(C)c3c(n2)CCCC3)CC1=O. The van der Waals surface area contributed by atoms with E-state index in [1.165, 1.54) is 24.1 Å². The molecule has 2 heterocycles. The lowest BCUT2D eigenvalue weighted by atomic mass is 9.94. The number of hydrogen-bond acceptors (Lipinski definition) is 4. The summed E-state index contributed by atoms with van der Waals surface area (Å²) in [4.78, 5) is 23.4. The van der Waals surface area contributed by atoms with Gasteiger partial charge >= 0.3 is 0 Å². The average Bonchev–Trinajstić information content (AvgIpc) is 2.85. The van der Waals surface area contributed by atoms with Crippen molar-refractivity contribution in [3.63, 3.8) is 0 Å². The standard InChI is InChI=1S/C17H25N3O2/c1-12-14-5-3-4-6-15(14)19-16(18-12)9-13-10-17(21)20(11-13)7-8-22-2/h13H,3-11H2,1-2H3. The van der Waals surface area contributed by atoms with Crippen molar-refractivity contribution < 1.29 is 9.53 Å². The minimum atomic E-state index is 0.233. The highest BCUT2D eigenvalue weighted by molar-refractivity contribution is 5.78. The van der Waals surface area contributed by atoms with Crippen LogP contribution in [0.4, 0.5) is 0 Å². The van der Waals surface area contributed by atoms with Crippen LogP contribution in [0.2, 0.25) is 0 Å². The second kappa shape index (κ2) is 6.73. The zero-order valence-corrected chi connectivity index (χ0v) is 13.6. The molecule has 3 rings (SSSR count). The molecule has 5 heteroatoms. The van der Waals surface area contributed by atoms with E-state index in [9.17, 15) is 4.79 Å². The molecule has 0 spiro atoms. The molecule has 120 valence electrons. The fraction of sp³-hybridized carbons (Fsp3) is 0.706. The summed E-state index contributed by atoms with van der Waals surface area (Å²) in [5, 5.41) is 0. The fourth-order valence-electron chi connectivity index (χ4n) is 3.60. The van der Waals surface area contributed by atoms with Crippen LogP contribution in [-0.2, 0) is 28.8 Å². The minimum absolute atomic E-state index is 0.233. The monoisotopic (exact) mass is 303 g/mol. The van der Waals surface area contributed by atoms with Gasteiger partial charge in [0, 0.05) is 44.4 Å². The Hall–Kier alpha value is -1.49. The predicted octanol–water partition coefficient (Wildman–Crippen LogP) is 1.70. The number of aryl methyl sites for hydroxylation is 2. The van der Waals surface area contributed by atoms with E-state index in [1.807, 2.05) is 4.90 Å². The molecule has 0 N–H and O–H groups in total. The number of aromatic nitrogens is 2. The first-order valence-electron chi connectivity index (χ1n) is 8.29. The van der Waals surface area contributed by atoms with Gasteiger partial charge in [0.1, 0.15) is 5.82 Å². The zero-order chi connectivity index (χ0) is 15.5. The molecule has 5 nitrogen and oxygen atoms in total. The molecule has 1 amide bonds. The van der Waals surface area contributed by atoms with E-state index in [0.717, 1.165) is 37.3 Å². The maximum Gasteiger partial charge on any atom is 0.223 e. The third-order valence-corrected chi connectivity index (χ3v) is 4.77. The molecule has 0 saturated carbocycles. The molecule has 1 aliphatic heterocycles. The molecule has 2 aliphatic rings. The fourth-order valence-corrected chi connectivity index (χ4v) is 3.60. The van der Waals surface area contributed by atoms with E-state index in [2.05, 4.69) is 6.92 Å². The quantitative estimate of drug-likeness (QED) is 0.831. The predicted molar refractivity (Wildman–Crippen MR) is 83.7 cm³/mol. The van der Waals surface area contributed by atoms with Crippen molar-refractivity contribution in [3.05, 3.63) is 22.8 Å². The Kier molecular flexibility index (Phi) is 4.71. The third kappa shape index (κ3) is 3.29. The van der Waals surface area contributed by atoms with Crippen LogP contribution in [0.1, 0.15) is 42.0 Å². The summed E-state index contributed by atoms with van der Waals surface area (Å²) in [5.74, 6) is 1.49. The van der Waals surface area contributed by atoms with E-state index in [0.29, 0.717) is 25.5 Å². The van der Waals surface area contributed by atoms with Crippen LogP contribution in [0.5, 0.6) is 0 Å². The van der Waals surface area contributed by atoms with Gasteiger partial charge in [0.25, 0.3) is 0 Å². The van der Waals surface area contributed by atoms with Crippen LogP contribution < -0.4 is 0 Å². The molecule has 0 radical (unpaired) electrons. The number of methoxy groups -OCH3 is 1. The lowest BCUT2D eigenvalue weighted by Gasteiger charge is -2.19. The van der Waals surface area contributed by atoms with Gasteiger partial charge in [-0.25, -0.2) is 9.97 Å². The van der Waals surface area contributed by atoms with Gasteiger partial charge in [-0.2, -0.15) is 0 Å². The summed E-state index contributed by atoms with van der Waals surface area (Å²) in [6, 6.07) is 0. The first kappa shape index (κ1) is 15.4. The Morgan fingerprint density at radius 2 is 2.09 bits per heavy atom. The molecule has 1 fully saturated rings. The van der Waals surface area contributed by atoms with Crippen LogP contribution in [-0.4, -0.2) is 47.6 Å². The number of rotatable bonds is 5. The summed E-state index contributed by atoms with van der Waals surface area (Å²) >= 11 is 0. The Balaban J connectivity index is 1.66. The van der Waals surface area contributed by atoms with Crippen LogP contribution in [0.25, 0.3) is 0 Å². The van der Waals surface area contributed by atoms with Gasteiger partial charge in [0.2, 0.25) is 5.91 Å². The van der Waals surface area contributed by atoms with Crippen molar-refractivity contribution in [2.45, 2.75) is 45.4 Å². The highest BCUT2D eigenvalue weighted by Gasteiger charge is 2.30. The van der Waals surface area contributed by atoms with Gasteiger partial charge < -0.3 is 9.64 Å². The topological polar surface area (TPSA) is 55.3 Å². The number of fused-ring (bicyclic) bond motifs is 1. The van der Waals surface area contributed by atoms with Gasteiger partial charge in [0.05, 0.1) is 6.61 Å². The molecular weight excluding hydrogens is 278 g/mol. The number of amides is 1. The summed E-state index contributed by atoms with van der Waals surface area (Å²) < 4.78 is 5.06. The van der Waals surface area contributed by atoms with Gasteiger partial charge in [0.15, 0.2) is 0 Å². The molecular formula is C17H25N3O2. The Labute approximate surface area is 132 Å². The summed E-state index contributed by atoms with van der Waals surface area (Å²) in [6.07, 6.45) is 6.10. The molecule has 0 aromatic carbocycles. The van der Waals surface area contributed by atoms with Gasteiger partial charge in [-0.3, -0.25) is 4.79 Å². The van der Waals surface area contributed by atoms with E-state index in [1.54, 1.807) is 7.11 Å². The van der Waals surface area contributed by atoms with E-state index < -0.39 is 0 Å². The molecule has 1 aliphatic carbocycles. The van der Waals surface area contributed by atoms with Gasteiger partial charge in [-0.1, -0.05) is 0 Å². The minimum Gasteiger partial charge on any atom is -0.383 e. The van der Waals surface area contributed by atoms with E-state index >= 15 is 0 Å². The Morgan fingerprint density at radius 1 is 1.27 bits per heavy atom. The maximum absolute atomic E-state index is 12.0. The van der Waals surface area contributed by atoms with Crippen LogP contribution in [0.15, 0.2) is 0 Å². The van der Waals surface area contributed by atoms with Crippen molar-refractivity contribution >= 4 is 5.91 Å². The van der Waals surface area contributed by atoms with Gasteiger partial charge in [-0.15, -0.1) is 0 Å². The lowest BCUT2D eigenvalue weighted by molar-refractivity contribution is -0.128. The first-order chi connectivity index (χ1) is 10.7. The lowest BCUT2D eigenvalue weighted by Crippen LogP contribution is -2.29. The largest absolute Gasteiger partial charge is 0.383 e. The average molecular weight is 303 g/mol. The number of ether oxygens (including phenoxy) is 1. The number of carbonyl (C=O) groups excluding carboxylic acids is 1. The summed E-state index contributed by atoms with van der Waals surface area (Å²) in [6.45, 7) is 4.20. The molecule has 1 saturated heterocycles. The molecule has 1 aromatic heterocycles. The van der Waals surface area contributed by atoms with Crippen LogP contribution in [0, 0.1) is 12.8 Å². The molecule has 1 unspecified atom stereocenters. The summed E-state index contributed by atoms with van der Waals surface area (Å²) in [5.41, 5.74) is 3.74. The zero-order valence-electron chi connectivity index (χ0n) is 13.6.